The number of hydrogen-bond acceptors (Lipinski definition) is 2. The fourth-order valence-corrected chi connectivity index (χ4v) is 3.16. The Morgan fingerprint density at radius 1 is 1.10 bits per heavy atom. The number of benzene rings is 2. The molecule has 1 heterocycles. The van der Waals surface area contributed by atoms with Crippen LogP contribution in [0.2, 0.25) is 0 Å². The normalized spacial score (nSPS) is 17.0. The molecular formula is C19H24N2. The van der Waals surface area contributed by atoms with Crippen LogP contribution in [0.4, 0.5) is 11.4 Å². The summed E-state index contributed by atoms with van der Waals surface area (Å²) in [5.41, 5.74) is 5.48. The average molecular weight is 280 g/mol. The third-order valence-electron chi connectivity index (χ3n) is 4.49. The Labute approximate surface area is 127 Å². The van der Waals surface area contributed by atoms with Crippen molar-refractivity contribution in [1.29, 1.82) is 0 Å². The molecule has 2 aromatic carbocycles. The van der Waals surface area contributed by atoms with Gasteiger partial charge >= 0.3 is 0 Å². The lowest BCUT2D eigenvalue weighted by Crippen LogP contribution is -2.28. The molecule has 0 aliphatic carbocycles. The largest absolute Gasteiger partial charge is 0.385 e. The Morgan fingerprint density at radius 3 is 2.62 bits per heavy atom. The Kier molecular flexibility index (Phi) is 4.14. The quantitative estimate of drug-likeness (QED) is 0.899. The van der Waals surface area contributed by atoms with E-state index in [1.165, 1.54) is 28.9 Å². The van der Waals surface area contributed by atoms with E-state index in [9.17, 15) is 0 Å². The number of hydrogen-bond donors (Lipinski definition) is 1. The second-order valence-corrected chi connectivity index (χ2v) is 5.90. The maximum Gasteiger partial charge on any atom is 0.0376 e. The lowest BCUT2D eigenvalue weighted by atomic mass is 9.90. The van der Waals surface area contributed by atoms with Crippen LogP contribution in [-0.2, 0) is 6.42 Å². The predicted octanol–water partition coefficient (Wildman–Crippen LogP) is 4.28. The molecule has 1 aliphatic heterocycles. The van der Waals surface area contributed by atoms with Crippen molar-refractivity contribution in [3.05, 3.63) is 59.7 Å². The van der Waals surface area contributed by atoms with Crippen molar-refractivity contribution < 1.29 is 0 Å². The molecule has 0 fully saturated rings. The van der Waals surface area contributed by atoms with Crippen molar-refractivity contribution >= 4 is 11.4 Å². The first-order valence-corrected chi connectivity index (χ1v) is 7.91. The fraction of sp³-hybridized carbons (Fsp3) is 0.368. The van der Waals surface area contributed by atoms with E-state index in [1.807, 2.05) is 0 Å². The van der Waals surface area contributed by atoms with Gasteiger partial charge in [0.15, 0.2) is 0 Å². The van der Waals surface area contributed by atoms with Crippen molar-refractivity contribution in [1.82, 2.24) is 0 Å². The summed E-state index contributed by atoms with van der Waals surface area (Å²) in [6.07, 6.45) is 2.31. The number of likely N-dealkylation sites (N-methyl/N-ethyl adjacent to an activating group) is 1. The molecule has 2 heteroatoms. The van der Waals surface area contributed by atoms with Gasteiger partial charge in [0.05, 0.1) is 0 Å². The molecule has 0 bridgehead atoms. The summed E-state index contributed by atoms with van der Waals surface area (Å²) in [7, 11) is 2.20. The van der Waals surface area contributed by atoms with Crippen LogP contribution >= 0.6 is 0 Å². The van der Waals surface area contributed by atoms with Crippen molar-refractivity contribution in [2.75, 3.05) is 30.4 Å². The molecule has 1 atom stereocenters. The molecule has 1 unspecified atom stereocenters. The van der Waals surface area contributed by atoms with Crippen molar-refractivity contribution in [3.63, 3.8) is 0 Å². The first-order valence-electron chi connectivity index (χ1n) is 7.91. The molecule has 2 aromatic rings. The summed E-state index contributed by atoms with van der Waals surface area (Å²) < 4.78 is 0. The molecule has 0 aromatic heterocycles. The van der Waals surface area contributed by atoms with E-state index in [2.05, 4.69) is 72.7 Å². The van der Waals surface area contributed by atoms with Crippen LogP contribution in [0, 0.1) is 0 Å². The molecule has 1 N–H and O–H groups in total. The fourth-order valence-electron chi connectivity index (χ4n) is 3.16. The lowest BCUT2D eigenvalue weighted by Gasteiger charge is -2.31. The third-order valence-corrected chi connectivity index (χ3v) is 4.49. The van der Waals surface area contributed by atoms with Crippen molar-refractivity contribution in [3.8, 4) is 0 Å². The van der Waals surface area contributed by atoms with Crippen molar-refractivity contribution in [2.45, 2.75) is 25.7 Å². The van der Waals surface area contributed by atoms with Gasteiger partial charge in [-0.3, -0.25) is 0 Å². The van der Waals surface area contributed by atoms with Crippen molar-refractivity contribution in [2.24, 2.45) is 0 Å². The summed E-state index contributed by atoms with van der Waals surface area (Å²) in [5, 5.41) is 3.50. The molecule has 110 valence electrons. The van der Waals surface area contributed by atoms with Gasteiger partial charge in [-0.1, -0.05) is 37.3 Å². The van der Waals surface area contributed by atoms with E-state index in [0.29, 0.717) is 5.92 Å². The zero-order valence-corrected chi connectivity index (χ0v) is 13.0. The summed E-state index contributed by atoms with van der Waals surface area (Å²) in [5.74, 6) is 0.610. The summed E-state index contributed by atoms with van der Waals surface area (Å²) >= 11 is 0. The highest BCUT2D eigenvalue weighted by Gasteiger charge is 2.20. The third kappa shape index (κ3) is 3.05. The average Bonchev–Trinajstić information content (AvgIpc) is 2.55. The van der Waals surface area contributed by atoms with E-state index in [4.69, 9.17) is 0 Å². The van der Waals surface area contributed by atoms with Gasteiger partial charge in [0.25, 0.3) is 0 Å². The molecule has 0 amide bonds. The zero-order valence-electron chi connectivity index (χ0n) is 13.0. The van der Waals surface area contributed by atoms with E-state index in [1.54, 1.807) is 0 Å². The summed E-state index contributed by atoms with van der Waals surface area (Å²) in [4.78, 5) is 2.38. The standard InChI is InChI=1S/C19H24N2/c1-3-15-8-10-17(11-9-15)21(2)14-16-12-13-20-19-7-5-4-6-18(16)19/h4-11,16,20H,3,12-14H2,1-2H3. The maximum atomic E-state index is 3.50. The number of nitrogens with zero attached hydrogens (tertiary/aromatic N) is 1. The van der Waals surface area contributed by atoms with Crippen LogP contribution < -0.4 is 10.2 Å². The second kappa shape index (κ2) is 6.21. The molecular weight excluding hydrogens is 256 g/mol. The van der Waals surface area contributed by atoms with Crippen LogP contribution in [0.25, 0.3) is 0 Å². The number of rotatable bonds is 4. The Morgan fingerprint density at radius 2 is 1.86 bits per heavy atom. The van der Waals surface area contributed by atoms with Crippen LogP contribution in [0.5, 0.6) is 0 Å². The van der Waals surface area contributed by atoms with Crippen LogP contribution in [0.3, 0.4) is 0 Å². The lowest BCUT2D eigenvalue weighted by molar-refractivity contribution is 0.619. The van der Waals surface area contributed by atoms with Crippen LogP contribution in [0.15, 0.2) is 48.5 Å². The number of anilines is 2. The highest BCUT2D eigenvalue weighted by Crippen LogP contribution is 2.32. The molecule has 1 aliphatic rings. The topological polar surface area (TPSA) is 15.3 Å². The SMILES string of the molecule is CCc1ccc(N(C)CC2CCNc3ccccc32)cc1. The van der Waals surface area contributed by atoms with Gasteiger partial charge in [0.1, 0.15) is 0 Å². The van der Waals surface area contributed by atoms with Crippen LogP contribution in [0.1, 0.15) is 30.4 Å². The van der Waals surface area contributed by atoms with Gasteiger partial charge in [-0.2, -0.15) is 0 Å². The smallest absolute Gasteiger partial charge is 0.0376 e. The molecule has 0 spiro atoms. The Hall–Kier alpha value is -1.96. The highest BCUT2D eigenvalue weighted by atomic mass is 15.1. The summed E-state index contributed by atoms with van der Waals surface area (Å²) in [6.45, 7) is 4.35. The molecule has 0 saturated heterocycles. The predicted molar refractivity (Wildman–Crippen MR) is 91.4 cm³/mol. The Bertz CT molecular complexity index is 589. The van der Waals surface area contributed by atoms with E-state index in [-0.39, 0.29) is 0 Å². The monoisotopic (exact) mass is 280 g/mol. The first kappa shape index (κ1) is 14.0. The Balaban J connectivity index is 1.74. The number of aryl methyl sites for hydroxylation is 1. The zero-order chi connectivity index (χ0) is 14.7. The van der Waals surface area contributed by atoms with Gasteiger partial charge in [0.2, 0.25) is 0 Å². The first-order chi connectivity index (χ1) is 10.3. The minimum absolute atomic E-state index is 0.610. The number of para-hydroxylation sites is 1. The van der Waals surface area contributed by atoms with Crippen LogP contribution in [-0.4, -0.2) is 20.1 Å². The van der Waals surface area contributed by atoms with E-state index >= 15 is 0 Å². The second-order valence-electron chi connectivity index (χ2n) is 5.90. The molecule has 0 radical (unpaired) electrons. The minimum Gasteiger partial charge on any atom is -0.385 e. The molecule has 0 saturated carbocycles. The molecule has 21 heavy (non-hydrogen) atoms. The van der Waals surface area contributed by atoms with Gasteiger partial charge in [0, 0.05) is 37.4 Å². The molecule has 2 nitrogen and oxygen atoms in total. The van der Waals surface area contributed by atoms with Gasteiger partial charge in [-0.15, -0.1) is 0 Å². The van der Waals surface area contributed by atoms with Gasteiger partial charge in [-0.05, 0) is 42.2 Å². The number of nitrogens with one attached hydrogen (secondary N) is 1. The minimum atomic E-state index is 0.610. The maximum absolute atomic E-state index is 3.50. The van der Waals surface area contributed by atoms with E-state index in [0.717, 1.165) is 19.5 Å². The van der Waals surface area contributed by atoms with Gasteiger partial charge < -0.3 is 10.2 Å². The highest BCUT2D eigenvalue weighted by molar-refractivity contribution is 5.56. The number of fused-ring (bicyclic) bond motifs is 1. The molecule has 3 rings (SSSR count). The summed E-state index contributed by atoms with van der Waals surface area (Å²) in [6, 6.07) is 17.7. The van der Waals surface area contributed by atoms with E-state index < -0.39 is 0 Å². The van der Waals surface area contributed by atoms with Gasteiger partial charge in [-0.25, -0.2) is 0 Å².